The number of nitro groups is 1. The van der Waals surface area contributed by atoms with E-state index in [4.69, 9.17) is 10.6 Å². The summed E-state index contributed by atoms with van der Waals surface area (Å²) in [5, 5.41) is 11.0. The summed E-state index contributed by atoms with van der Waals surface area (Å²) < 4.78 is 5.94. The lowest BCUT2D eigenvalue weighted by Gasteiger charge is -2.28. The molecule has 1 aromatic carbocycles. The number of nitrogens with one attached hydrogen (secondary N) is 1. The van der Waals surface area contributed by atoms with Crippen molar-refractivity contribution in [3.63, 3.8) is 0 Å². The molecular formula is C15H23N3O3. The van der Waals surface area contributed by atoms with Crippen molar-refractivity contribution in [2.24, 2.45) is 11.8 Å². The van der Waals surface area contributed by atoms with Crippen molar-refractivity contribution in [1.82, 2.24) is 0 Å². The van der Waals surface area contributed by atoms with Gasteiger partial charge < -0.3 is 10.2 Å². The Morgan fingerprint density at radius 3 is 2.95 bits per heavy atom. The van der Waals surface area contributed by atoms with Gasteiger partial charge in [0.05, 0.1) is 17.6 Å². The van der Waals surface area contributed by atoms with Crippen molar-refractivity contribution in [3.8, 4) is 0 Å². The molecule has 0 heterocycles. The highest BCUT2D eigenvalue weighted by Gasteiger charge is 2.21. The Hall–Kier alpha value is -1.66. The van der Waals surface area contributed by atoms with Crippen molar-refractivity contribution >= 4 is 11.4 Å². The Bertz CT molecular complexity index is 493. The number of benzene rings is 1. The molecular weight excluding hydrogens is 270 g/mol. The fraction of sp³-hybridized carbons (Fsp3) is 0.600. The molecule has 1 aliphatic rings. The number of nitrogens with zero attached hydrogens (tertiary/aromatic N) is 1. The van der Waals surface area contributed by atoms with E-state index in [1.807, 2.05) is 6.07 Å². The number of rotatable bonds is 6. The Balaban J connectivity index is 1.97. The van der Waals surface area contributed by atoms with Crippen LogP contribution in [0.5, 0.6) is 0 Å². The topological polar surface area (TPSA) is 90.4 Å². The Kier molecular flexibility index (Phi) is 5.52. The second-order valence-electron chi connectivity index (χ2n) is 5.63. The van der Waals surface area contributed by atoms with Gasteiger partial charge in [0.25, 0.3) is 5.69 Å². The van der Waals surface area contributed by atoms with E-state index >= 15 is 0 Å². The number of anilines is 1. The second kappa shape index (κ2) is 7.38. The predicted octanol–water partition coefficient (Wildman–Crippen LogP) is 3.37. The highest BCUT2D eigenvalue weighted by Crippen LogP contribution is 2.30. The van der Waals surface area contributed by atoms with Gasteiger partial charge in [-0.1, -0.05) is 32.3 Å². The van der Waals surface area contributed by atoms with Crippen LogP contribution in [0.15, 0.2) is 18.2 Å². The predicted molar refractivity (Wildman–Crippen MR) is 81.7 cm³/mol. The standard InChI is InChI=1S/C15H23N3O3/c1-2-11-4-3-5-13(8-11)21-10-12-6-7-14(17-16)15(9-12)18(19)20/h6-7,9,11,13,17H,2-5,8,10,16H2,1H3. The lowest BCUT2D eigenvalue weighted by molar-refractivity contribution is -0.384. The van der Waals surface area contributed by atoms with Crippen LogP contribution in [0.4, 0.5) is 11.4 Å². The fourth-order valence-electron chi connectivity index (χ4n) is 2.92. The summed E-state index contributed by atoms with van der Waals surface area (Å²) in [6, 6.07) is 4.95. The minimum atomic E-state index is -0.438. The molecule has 0 spiro atoms. The Morgan fingerprint density at radius 2 is 2.29 bits per heavy atom. The summed E-state index contributed by atoms with van der Waals surface area (Å²) in [5.41, 5.74) is 3.44. The minimum absolute atomic E-state index is 0.0197. The number of hydrogen-bond acceptors (Lipinski definition) is 5. The fourth-order valence-corrected chi connectivity index (χ4v) is 2.92. The van der Waals surface area contributed by atoms with Crippen LogP contribution in [0, 0.1) is 16.0 Å². The normalized spacial score (nSPS) is 22.0. The molecule has 1 saturated carbocycles. The van der Waals surface area contributed by atoms with Crippen LogP contribution >= 0.6 is 0 Å². The van der Waals surface area contributed by atoms with E-state index in [1.54, 1.807) is 6.07 Å². The van der Waals surface area contributed by atoms with Gasteiger partial charge in [0.2, 0.25) is 0 Å². The first kappa shape index (κ1) is 15.7. The lowest BCUT2D eigenvalue weighted by Crippen LogP contribution is -2.22. The zero-order valence-electron chi connectivity index (χ0n) is 12.4. The maximum Gasteiger partial charge on any atom is 0.294 e. The number of hydrogen-bond donors (Lipinski definition) is 2. The molecule has 1 aliphatic carbocycles. The van der Waals surface area contributed by atoms with Crippen molar-refractivity contribution in [1.29, 1.82) is 0 Å². The first-order valence-corrected chi connectivity index (χ1v) is 7.49. The molecule has 0 bridgehead atoms. The van der Waals surface area contributed by atoms with Gasteiger partial charge in [0.15, 0.2) is 0 Å². The summed E-state index contributed by atoms with van der Waals surface area (Å²) in [6.07, 6.45) is 6.15. The van der Waals surface area contributed by atoms with E-state index in [0.717, 1.165) is 24.3 Å². The zero-order valence-corrected chi connectivity index (χ0v) is 12.4. The maximum absolute atomic E-state index is 11.0. The molecule has 2 unspecified atom stereocenters. The van der Waals surface area contributed by atoms with Gasteiger partial charge in [-0.2, -0.15) is 0 Å². The summed E-state index contributed by atoms with van der Waals surface area (Å²) >= 11 is 0. The van der Waals surface area contributed by atoms with Crippen LogP contribution in [0.3, 0.4) is 0 Å². The van der Waals surface area contributed by atoms with Gasteiger partial charge in [0.1, 0.15) is 5.69 Å². The number of ether oxygens (including phenoxy) is 1. The largest absolute Gasteiger partial charge is 0.374 e. The molecule has 0 amide bonds. The van der Waals surface area contributed by atoms with Gasteiger partial charge >= 0.3 is 0 Å². The van der Waals surface area contributed by atoms with E-state index in [1.165, 1.54) is 25.3 Å². The third-order valence-electron chi connectivity index (χ3n) is 4.21. The van der Waals surface area contributed by atoms with Crippen molar-refractivity contribution in [3.05, 3.63) is 33.9 Å². The van der Waals surface area contributed by atoms with Crippen LogP contribution in [0.1, 0.15) is 44.6 Å². The molecule has 116 valence electrons. The summed E-state index contributed by atoms with van der Waals surface area (Å²) in [4.78, 5) is 10.6. The first-order chi connectivity index (χ1) is 10.1. The van der Waals surface area contributed by atoms with Gasteiger partial charge in [-0.3, -0.25) is 16.0 Å². The smallest absolute Gasteiger partial charge is 0.294 e. The molecule has 2 atom stereocenters. The molecule has 6 heteroatoms. The SMILES string of the molecule is CCC1CCCC(OCc2ccc(NN)c([N+](=O)[O-])c2)C1. The summed E-state index contributed by atoms with van der Waals surface area (Å²) in [5.74, 6) is 6.03. The highest BCUT2D eigenvalue weighted by molar-refractivity contribution is 5.61. The third kappa shape index (κ3) is 4.15. The second-order valence-corrected chi connectivity index (χ2v) is 5.63. The average molecular weight is 293 g/mol. The summed E-state index contributed by atoms with van der Waals surface area (Å²) in [7, 11) is 0. The monoisotopic (exact) mass is 293 g/mol. The third-order valence-corrected chi connectivity index (χ3v) is 4.21. The highest BCUT2D eigenvalue weighted by atomic mass is 16.6. The molecule has 21 heavy (non-hydrogen) atoms. The average Bonchev–Trinajstić information content (AvgIpc) is 2.52. The Labute approximate surface area is 124 Å². The minimum Gasteiger partial charge on any atom is -0.374 e. The van der Waals surface area contributed by atoms with Crippen molar-refractivity contribution in [2.45, 2.75) is 51.7 Å². The molecule has 3 N–H and O–H groups in total. The van der Waals surface area contributed by atoms with E-state index in [9.17, 15) is 10.1 Å². The molecule has 2 rings (SSSR count). The molecule has 0 aromatic heterocycles. The number of nitrogens with two attached hydrogens (primary N) is 1. The van der Waals surface area contributed by atoms with Crippen molar-refractivity contribution < 1.29 is 9.66 Å². The van der Waals surface area contributed by atoms with Crippen LogP contribution in [-0.2, 0) is 11.3 Å². The number of nitrogen functional groups attached to an aromatic ring is 1. The molecule has 0 radical (unpaired) electrons. The summed E-state index contributed by atoms with van der Waals surface area (Å²) in [6.45, 7) is 2.63. The van der Waals surface area contributed by atoms with Gasteiger partial charge in [-0.15, -0.1) is 0 Å². The van der Waals surface area contributed by atoms with E-state index in [0.29, 0.717) is 12.3 Å². The van der Waals surface area contributed by atoms with E-state index in [2.05, 4.69) is 12.3 Å². The first-order valence-electron chi connectivity index (χ1n) is 7.49. The van der Waals surface area contributed by atoms with Crippen LogP contribution in [-0.4, -0.2) is 11.0 Å². The quantitative estimate of drug-likeness (QED) is 0.477. The zero-order chi connectivity index (χ0) is 15.2. The van der Waals surface area contributed by atoms with Gasteiger partial charge in [-0.25, -0.2) is 0 Å². The van der Waals surface area contributed by atoms with Gasteiger partial charge in [-0.05, 0) is 30.4 Å². The van der Waals surface area contributed by atoms with Crippen LogP contribution < -0.4 is 11.3 Å². The molecule has 1 fully saturated rings. The van der Waals surface area contributed by atoms with Crippen LogP contribution in [0.25, 0.3) is 0 Å². The molecule has 6 nitrogen and oxygen atoms in total. The van der Waals surface area contributed by atoms with E-state index < -0.39 is 4.92 Å². The molecule has 0 saturated heterocycles. The molecule has 1 aromatic rings. The van der Waals surface area contributed by atoms with Crippen LogP contribution in [0.2, 0.25) is 0 Å². The maximum atomic E-state index is 11.0. The van der Waals surface area contributed by atoms with E-state index in [-0.39, 0.29) is 11.8 Å². The van der Waals surface area contributed by atoms with Gasteiger partial charge in [0, 0.05) is 6.07 Å². The van der Waals surface area contributed by atoms with Crippen molar-refractivity contribution in [2.75, 3.05) is 5.43 Å². The number of hydrazine groups is 1. The lowest BCUT2D eigenvalue weighted by atomic mass is 9.85. The number of nitro benzene ring substituents is 1. The Morgan fingerprint density at radius 1 is 1.48 bits per heavy atom. The molecule has 0 aliphatic heterocycles.